The van der Waals surface area contributed by atoms with Crippen molar-refractivity contribution in [1.82, 2.24) is 5.32 Å². The lowest BCUT2D eigenvalue weighted by Crippen LogP contribution is -2.61. The van der Waals surface area contributed by atoms with E-state index < -0.39 is 0 Å². The van der Waals surface area contributed by atoms with Crippen molar-refractivity contribution in [1.29, 1.82) is 0 Å². The van der Waals surface area contributed by atoms with E-state index in [1.165, 1.54) is 0 Å². The molecule has 3 nitrogen and oxygen atoms in total. The van der Waals surface area contributed by atoms with Crippen molar-refractivity contribution in [2.45, 2.75) is 44.9 Å². The predicted molar refractivity (Wildman–Crippen MR) is 80.7 cm³/mol. The normalized spacial score (nSPS) is 25.9. The van der Waals surface area contributed by atoms with Gasteiger partial charge in [-0.05, 0) is 37.2 Å². The summed E-state index contributed by atoms with van der Waals surface area (Å²) in [5.74, 6) is 0.910. The number of hydrogen-bond acceptors (Lipinski definition) is 3. The van der Waals surface area contributed by atoms with E-state index >= 15 is 0 Å². The number of benzene rings is 1. The molecule has 3 unspecified atom stereocenters. The van der Waals surface area contributed by atoms with Crippen LogP contribution in [0.3, 0.4) is 0 Å². The van der Waals surface area contributed by atoms with Crippen LogP contribution in [-0.4, -0.2) is 31.4 Å². The molecule has 0 saturated heterocycles. The number of ether oxygens (including phenoxy) is 2. The number of hydrogen-bond donors (Lipinski definition) is 1. The highest BCUT2D eigenvalue weighted by atomic mass is 79.9. The summed E-state index contributed by atoms with van der Waals surface area (Å²) < 4.78 is 13.0. The van der Waals surface area contributed by atoms with Gasteiger partial charge in [-0.15, -0.1) is 0 Å². The second-order valence-corrected chi connectivity index (χ2v) is 5.76. The van der Waals surface area contributed by atoms with Crippen LogP contribution in [0.15, 0.2) is 28.7 Å². The lowest BCUT2D eigenvalue weighted by Gasteiger charge is -2.44. The van der Waals surface area contributed by atoms with Crippen molar-refractivity contribution in [2.75, 3.05) is 13.2 Å². The molecular weight excluding hydrogens is 306 g/mol. The van der Waals surface area contributed by atoms with Gasteiger partial charge in [-0.3, -0.25) is 0 Å². The minimum absolute atomic E-state index is 0.164. The van der Waals surface area contributed by atoms with Gasteiger partial charge in [0.25, 0.3) is 0 Å². The molecule has 0 heterocycles. The van der Waals surface area contributed by atoms with Crippen molar-refractivity contribution < 1.29 is 9.47 Å². The van der Waals surface area contributed by atoms with E-state index in [4.69, 9.17) is 9.47 Å². The first kappa shape index (κ1) is 14.8. The van der Waals surface area contributed by atoms with Crippen LogP contribution in [-0.2, 0) is 4.74 Å². The number of likely N-dealkylation sites (N-methyl/N-ethyl adjacent to an activating group) is 1. The Morgan fingerprint density at radius 2 is 2.00 bits per heavy atom. The first-order valence-corrected chi connectivity index (χ1v) is 7.81. The first-order chi connectivity index (χ1) is 9.24. The SMILES string of the molecule is CCCOC1C(NCC)CC1Oc1ccc(Br)cc1. The van der Waals surface area contributed by atoms with Gasteiger partial charge in [0.2, 0.25) is 0 Å². The Balaban J connectivity index is 1.90. The maximum Gasteiger partial charge on any atom is 0.128 e. The molecule has 2 rings (SSSR count). The fourth-order valence-electron chi connectivity index (χ4n) is 2.32. The van der Waals surface area contributed by atoms with E-state index in [0.29, 0.717) is 6.04 Å². The molecule has 1 fully saturated rings. The molecule has 0 aromatic heterocycles. The average Bonchev–Trinajstić information content (AvgIpc) is 2.40. The molecule has 1 aromatic carbocycles. The van der Waals surface area contributed by atoms with Gasteiger partial charge < -0.3 is 14.8 Å². The standard InChI is InChI=1S/C15H22BrNO2/c1-3-9-18-15-13(17-4-2)10-14(15)19-12-7-5-11(16)6-8-12/h5-8,13-15,17H,3-4,9-10H2,1-2H3. The third kappa shape index (κ3) is 3.94. The van der Waals surface area contributed by atoms with E-state index in [0.717, 1.165) is 36.2 Å². The van der Waals surface area contributed by atoms with Gasteiger partial charge >= 0.3 is 0 Å². The topological polar surface area (TPSA) is 30.5 Å². The molecule has 4 heteroatoms. The van der Waals surface area contributed by atoms with E-state index in [1.54, 1.807) is 0 Å². The van der Waals surface area contributed by atoms with Crippen LogP contribution in [0, 0.1) is 0 Å². The van der Waals surface area contributed by atoms with Crippen molar-refractivity contribution in [3.63, 3.8) is 0 Å². The van der Waals surface area contributed by atoms with Gasteiger partial charge in [0.15, 0.2) is 0 Å². The third-order valence-corrected chi connectivity index (χ3v) is 3.86. The lowest BCUT2D eigenvalue weighted by atomic mass is 9.85. The van der Waals surface area contributed by atoms with E-state index in [-0.39, 0.29) is 12.2 Å². The summed E-state index contributed by atoms with van der Waals surface area (Å²) in [6, 6.07) is 8.40. The maximum atomic E-state index is 6.01. The molecule has 1 aliphatic carbocycles. The fraction of sp³-hybridized carbons (Fsp3) is 0.600. The fourth-order valence-corrected chi connectivity index (χ4v) is 2.59. The molecule has 0 aliphatic heterocycles. The first-order valence-electron chi connectivity index (χ1n) is 7.01. The van der Waals surface area contributed by atoms with Crippen LogP contribution in [0.1, 0.15) is 26.7 Å². The van der Waals surface area contributed by atoms with Crippen LogP contribution in [0.2, 0.25) is 0 Å². The average molecular weight is 328 g/mol. The Morgan fingerprint density at radius 1 is 1.26 bits per heavy atom. The molecule has 19 heavy (non-hydrogen) atoms. The number of rotatable bonds is 7. The van der Waals surface area contributed by atoms with Gasteiger partial charge in [0, 0.05) is 23.5 Å². The largest absolute Gasteiger partial charge is 0.488 e. The van der Waals surface area contributed by atoms with E-state index in [1.807, 2.05) is 24.3 Å². The Labute approximate surface area is 123 Å². The zero-order chi connectivity index (χ0) is 13.7. The molecular formula is C15H22BrNO2. The Kier molecular flexibility index (Phi) is 5.67. The second kappa shape index (κ2) is 7.27. The minimum atomic E-state index is 0.164. The molecule has 0 radical (unpaired) electrons. The van der Waals surface area contributed by atoms with Gasteiger partial charge in [-0.1, -0.05) is 29.8 Å². The Hall–Kier alpha value is -0.580. The van der Waals surface area contributed by atoms with Crippen LogP contribution in [0.4, 0.5) is 0 Å². The van der Waals surface area contributed by atoms with Gasteiger partial charge in [-0.2, -0.15) is 0 Å². The smallest absolute Gasteiger partial charge is 0.128 e. The molecule has 0 bridgehead atoms. The molecule has 0 spiro atoms. The quantitative estimate of drug-likeness (QED) is 0.832. The minimum Gasteiger partial charge on any atom is -0.488 e. The van der Waals surface area contributed by atoms with E-state index in [2.05, 4.69) is 35.1 Å². The van der Waals surface area contributed by atoms with Crippen molar-refractivity contribution >= 4 is 15.9 Å². The Morgan fingerprint density at radius 3 is 2.63 bits per heavy atom. The molecule has 3 atom stereocenters. The molecule has 1 aromatic rings. The van der Waals surface area contributed by atoms with Crippen molar-refractivity contribution in [3.05, 3.63) is 28.7 Å². The molecule has 0 amide bonds. The van der Waals surface area contributed by atoms with E-state index in [9.17, 15) is 0 Å². The lowest BCUT2D eigenvalue weighted by molar-refractivity contribution is -0.107. The molecule has 1 saturated carbocycles. The van der Waals surface area contributed by atoms with Crippen LogP contribution in [0.25, 0.3) is 0 Å². The summed E-state index contributed by atoms with van der Waals surface area (Å²) in [7, 11) is 0. The molecule has 1 N–H and O–H groups in total. The van der Waals surface area contributed by atoms with Crippen LogP contribution >= 0.6 is 15.9 Å². The zero-order valence-electron chi connectivity index (χ0n) is 11.6. The summed E-state index contributed by atoms with van der Waals surface area (Å²) in [4.78, 5) is 0. The molecule has 1 aliphatic rings. The highest BCUT2D eigenvalue weighted by Gasteiger charge is 2.43. The monoisotopic (exact) mass is 327 g/mol. The summed E-state index contributed by atoms with van der Waals surface area (Å²) in [5.41, 5.74) is 0. The third-order valence-electron chi connectivity index (χ3n) is 3.33. The van der Waals surface area contributed by atoms with Crippen molar-refractivity contribution in [3.8, 4) is 5.75 Å². The van der Waals surface area contributed by atoms with Gasteiger partial charge in [0.05, 0.1) is 0 Å². The maximum absolute atomic E-state index is 6.01. The predicted octanol–water partition coefficient (Wildman–Crippen LogP) is 3.37. The summed E-state index contributed by atoms with van der Waals surface area (Å²) in [6.45, 7) is 6.03. The molecule has 106 valence electrons. The number of nitrogens with one attached hydrogen (secondary N) is 1. The highest BCUT2D eigenvalue weighted by Crippen LogP contribution is 2.29. The Bertz CT molecular complexity index is 382. The van der Waals surface area contributed by atoms with Crippen molar-refractivity contribution in [2.24, 2.45) is 0 Å². The summed E-state index contributed by atoms with van der Waals surface area (Å²) >= 11 is 3.43. The second-order valence-electron chi connectivity index (χ2n) is 4.85. The summed E-state index contributed by atoms with van der Waals surface area (Å²) in [5, 5.41) is 3.45. The number of halogens is 1. The van der Waals surface area contributed by atoms with Crippen LogP contribution < -0.4 is 10.1 Å². The summed E-state index contributed by atoms with van der Waals surface area (Å²) in [6.07, 6.45) is 2.39. The zero-order valence-corrected chi connectivity index (χ0v) is 13.2. The highest BCUT2D eigenvalue weighted by molar-refractivity contribution is 9.10. The van der Waals surface area contributed by atoms with Gasteiger partial charge in [-0.25, -0.2) is 0 Å². The van der Waals surface area contributed by atoms with Crippen LogP contribution in [0.5, 0.6) is 5.75 Å². The van der Waals surface area contributed by atoms with Gasteiger partial charge in [0.1, 0.15) is 18.0 Å².